The van der Waals surface area contributed by atoms with Gasteiger partial charge in [0.05, 0.1) is 18.6 Å². The number of hydrogen-bond donors (Lipinski definition) is 0. The molecule has 0 aliphatic carbocycles. The quantitative estimate of drug-likeness (QED) is 0.659. The van der Waals surface area contributed by atoms with Crippen LogP contribution < -0.4 is 4.74 Å². The molecule has 0 N–H and O–H groups in total. The molecule has 3 aromatic rings. The van der Waals surface area contributed by atoms with Gasteiger partial charge < -0.3 is 4.74 Å². The zero-order chi connectivity index (χ0) is 17.9. The van der Waals surface area contributed by atoms with Gasteiger partial charge >= 0.3 is 0 Å². The molecule has 0 spiro atoms. The lowest BCUT2D eigenvalue weighted by molar-refractivity contribution is 0.395. The lowest BCUT2D eigenvalue weighted by Crippen LogP contribution is -2.18. The minimum absolute atomic E-state index is 0.166. The summed E-state index contributed by atoms with van der Waals surface area (Å²) >= 11 is 0. The molecule has 0 radical (unpaired) electrons. The van der Waals surface area contributed by atoms with Crippen molar-refractivity contribution in [3.63, 3.8) is 0 Å². The Kier molecular flexibility index (Phi) is 4.75. The van der Waals surface area contributed by atoms with E-state index in [9.17, 15) is 8.42 Å². The lowest BCUT2D eigenvalue weighted by atomic mass is 10.1. The number of nitrogens with zero attached hydrogens (tertiary/aromatic N) is 5. The zero-order valence-corrected chi connectivity index (χ0v) is 14.6. The molecule has 8 nitrogen and oxygen atoms in total. The second kappa shape index (κ2) is 6.98. The summed E-state index contributed by atoms with van der Waals surface area (Å²) in [5.41, 5.74) is 1.21. The summed E-state index contributed by atoms with van der Waals surface area (Å²) in [6.07, 6.45) is 0. The van der Waals surface area contributed by atoms with Gasteiger partial charge in [-0.15, -0.1) is 0 Å². The molecule has 1 unspecified atom stereocenters. The predicted octanol–water partition coefficient (Wildman–Crippen LogP) is 1.64. The molecule has 0 saturated heterocycles. The van der Waals surface area contributed by atoms with Crippen LogP contribution in [0.25, 0.3) is 5.69 Å². The van der Waals surface area contributed by atoms with E-state index >= 15 is 0 Å². The van der Waals surface area contributed by atoms with Crippen molar-refractivity contribution in [3.8, 4) is 11.6 Å². The first-order valence-corrected chi connectivity index (χ1v) is 9.24. The largest absolute Gasteiger partial charge is 0.481 e. The Morgan fingerprint density at radius 1 is 1.12 bits per heavy atom. The molecule has 25 heavy (non-hydrogen) atoms. The first kappa shape index (κ1) is 17.0. The third-order valence-corrected chi connectivity index (χ3v) is 5.40. The van der Waals surface area contributed by atoms with Crippen molar-refractivity contribution in [3.05, 3.63) is 54.2 Å². The van der Waals surface area contributed by atoms with Gasteiger partial charge in [0.15, 0.2) is 0 Å². The number of benzene rings is 1. The minimum Gasteiger partial charge on any atom is -0.481 e. The van der Waals surface area contributed by atoms with Crippen LogP contribution >= 0.6 is 0 Å². The van der Waals surface area contributed by atoms with Gasteiger partial charge in [0.2, 0.25) is 15.7 Å². The van der Waals surface area contributed by atoms with E-state index in [1.165, 1.54) is 11.8 Å². The second-order valence-corrected chi connectivity index (χ2v) is 7.42. The molecule has 0 fully saturated rings. The van der Waals surface area contributed by atoms with Gasteiger partial charge in [0.25, 0.3) is 5.16 Å². The van der Waals surface area contributed by atoms with Crippen LogP contribution in [0.1, 0.15) is 18.5 Å². The van der Waals surface area contributed by atoms with Crippen LogP contribution in [0.15, 0.2) is 53.7 Å². The Bertz CT molecular complexity index is 957. The second-order valence-electron chi connectivity index (χ2n) is 5.50. The monoisotopic (exact) mass is 359 g/mol. The van der Waals surface area contributed by atoms with Crippen LogP contribution in [0.4, 0.5) is 0 Å². The fourth-order valence-corrected chi connectivity index (χ4v) is 3.96. The van der Waals surface area contributed by atoms with Crippen molar-refractivity contribution < 1.29 is 13.2 Å². The van der Waals surface area contributed by atoms with Crippen LogP contribution in [-0.2, 0) is 9.84 Å². The highest BCUT2D eigenvalue weighted by Gasteiger charge is 2.27. The van der Waals surface area contributed by atoms with Gasteiger partial charge in [-0.2, -0.15) is 4.68 Å². The maximum absolute atomic E-state index is 12.8. The molecule has 2 heterocycles. The fourth-order valence-electron chi connectivity index (χ4n) is 2.41. The molecule has 3 rings (SSSR count). The normalized spacial score (nSPS) is 12.7. The number of pyridine rings is 1. The average Bonchev–Trinajstić information content (AvgIpc) is 3.13. The molecule has 1 aromatic carbocycles. The number of hydrogen-bond acceptors (Lipinski definition) is 7. The van der Waals surface area contributed by atoms with Gasteiger partial charge in [0.1, 0.15) is 0 Å². The smallest absolute Gasteiger partial charge is 0.272 e. The van der Waals surface area contributed by atoms with Gasteiger partial charge in [-0.1, -0.05) is 36.3 Å². The summed E-state index contributed by atoms with van der Waals surface area (Å²) in [6, 6.07) is 14.1. The minimum atomic E-state index is -3.72. The number of aromatic nitrogens is 5. The van der Waals surface area contributed by atoms with Crippen molar-refractivity contribution in [2.75, 3.05) is 12.9 Å². The van der Waals surface area contributed by atoms with E-state index in [2.05, 4.69) is 20.5 Å². The number of tetrazole rings is 1. The Labute approximate surface area is 145 Å². The van der Waals surface area contributed by atoms with Crippen LogP contribution in [0.3, 0.4) is 0 Å². The Balaban J connectivity index is 1.89. The third-order valence-electron chi connectivity index (χ3n) is 3.65. The number of para-hydroxylation sites is 1. The topological polar surface area (TPSA) is 99.9 Å². The van der Waals surface area contributed by atoms with Crippen molar-refractivity contribution in [1.82, 2.24) is 25.2 Å². The lowest BCUT2D eigenvalue weighted by Gasteiger charge is -2.12. The number of rotatable bonds is 6. The van der Waals surface area contributed by atoms with E-state index in [1.54, 1.807) is 49.4 Å². The van der Waals surface area contributed by atoms with Crippen LogP contribution in [0, 0.1) is 0 Å². The highest BCUT2D eigenvalue weighted by atomic mass is 32.2. The summed E-state index contributed by atoms with van der Waals surface area (Å²) < 4.78 is 31.9. The van der Waals surface area contributed by atoms with Crippen molar-refractivity contribution in [2.24, 2.45) is 0 Å². The van der Waals surface area contributed by atoms with Gasteiger partial charge in [-0.25, -0.2) is 13.4 Å². The molecule has 0 aliphatic rings. The SMILES string of the molecule is COc1cccc(C(C)CS(=O)(=O)c2nnnn2-c2ccccc2)n1. The highest BCUT2D eigenvalue weighted by Crippen LogP contribution is 2.21. The highest BCUT2D eigenvalue weighted by molar-refractivity contribution is 7.91. The molecule has 2 aromatic heterocycles. The van der Waals surface area contributed by atoms with Crippen LogP contribution in [0.2, 0.25) is 0 Å². The molecule has 0 amide bonds. The molecular formula is C16H17N5O3S. The van der Waals surface area contributed by atoms with E-state index in [0.717, 1.165) is 0 Å². The molecule has 0 aliphatic heterocycles. The summed E-state index contributed by atoms with van der Waals surface area (Å²) in [7, 11) is -2.20. The Morgan fingerprint density at radius 3 is 2.60 bits per heavy atom. The molecule has 0 bridgehead atoms. The summed E-state index contributed by atoms with van der Waals surface area (Å²) in [5.74, 6) is -0.0720. The summed E-state index contributed by atoms with van der Waals surface area (Å²) in [6.45, 7) is 1.79. The first-order chi connectivity index (χ1) is 12.0. The third kappa shape index (κ3) is 3.66. The fraction of sp³-hybridized carbons (Fsp3) is 0.250. The average molecular weight is 359 g/mol. The van der Waals surface area contributed by atoms with E-state index in [1.807, 2.05) is 6.07 Å². The molecular weight excluding hydrogens is 342 g/mol. The van der Waals surface area contributed by atoms with E-state index in [0.29, 0.717) is 17.3 Å². The van der Waals surface area contributed by atoms with Crippen LogP contribution in [-0.4, -0.2) is 46.5 Å². The summed E-state index contributed by atoms with van der Waals surface area (Å²) in [4.78, 5) is 4.29. The molecule has 130 valence electrons. The summed E-state index contributed by atoms with van der Waals surface area (Å²) in [5, 5.41) is 10.8. The standard InChI is InChI=1S/C16H17N5O3S/c1-12(14-9-6-10-15(17-14)24-2)11-25(22,23)16-18-19-20-21(16)13-7-4-3-5-8-13/h3-10,12H,11H2,1-2H3. The van der Waals surface area contributed by atoms with E-state index in [-0.39, 0.29) is 16.8 Å². The number of sulfone groups is 1. The molecule has 0 saturated carbocycles. The number of ether oxygens (including phenoxy) is 1. The Morgan fingerprint density at radius 2 is 1.88 bits per heavy atom. The predicted molar refractivity (Wildman–Crippen MR) is 90.4 cm³/mol. The Hall–Kier alpha value is -2.81. The van der Waals surface area contributed by atoms with Crippen molar-refractivity contribution >= 4 is 9.84 Å². The van der Waals surface area contributed by atoms with Crippen molar-refractivity contribution in [2.45, 2.75) is 18.0 Å². The molecule has 9 heteroatoms. The van der Waals surface area contributed by atoms with E-state index < -0.39 is 9.84 Å². The van der Waals surface area contributed by atoms with Gasteiger partial charge in [-0.3, -0.25) is 0 Å². The number of methoxy groups -OCH3 is 1. The van der Waals surface area contributed by atoms with Crippen LogP contribution in [0.5, 0.6) is 5.88 Å². The zero-order valence-electron chi connectivity index (χ0n) is 13.8. The maximum Gasteiger partial charge on any atom is 0.272 e. The first-order valence-electron chi connectivity index (χ1n) is 7.59. The van der Waals surface area contributed by atoms with Gasteiger partial charge in [0, 0.05) is 17.7 Å². The van der Waals surface area contributed by atoms with E-state index in [4.69, 9.17) is 4.74 Å². The molecule has 1 atom stereocenters. The maximum atomic E-state index is 12.8. The van der Waals surface area contributed by atoms with Crippen molar-refractivity contribution in [1.29, 1.82) is 0 Å². The van der Waals surface area contributed by atoms with Gasteiger partial charge in [-0.05, 0) is 28.6 Å².